The third kappa shape index (κ3) is 5.23. The van der Waals surface area contributed by atoms with Crippen LogP contribution in [0.4, 0.5) is 9.18 Å². The van der Waals surface area contributed by atoms with E-state index >= 15 is 0 Å². The lowest BCUT2D eigenvalue weighted by Crippen LogP contribution is -2.39. The summed E-state index contributed by atoms with van der Waals surface area (Å²) in [6, 6.07) is 4.95. The van der Waals surface area contributed by atoms with Crippen molar-refractivity contribution in [2.75, 3.05) is 6.54 Å². The van der Waals surface area contributed by atoms with Crippen molar-refractivity contribution >= 4 is 12.0 Å². The molecule has 2 atom stereocenters. The van der Waals surface area contributed by atoms with E-state index in [1.54, 1.807) is 19.1 Å². The number of halogens is 1. The summed E-state index contributed by atoms with van der Waals surface area (Å²) in [4.78, 5) is 21.9. The lowest BCUT2D eigenvalue weighted by atomic mass is 10.1. The number of hydrogen-bond acceptors (Lipinski definition) is 3. The highest BCUT2D eigenvalue weighted by atomic mass is 19.1. The van der Waals surface area contributed by atoms with Crippen LogP contribution in [0.15, 0.2) is 24.3 Å². The van der Waals surface area contributed by atoms with Crippen LogP contribution in [0.1, 0.15) is 24.9 Å². The number of hydrogen-bond donors (Lipinski definition) is 4. The van der Waals surface area contributed by atoms with E-state index in [0.29, 0.717) is 5.56 Å². The molecule has 110 valence electrons. The minimum atomic E-state index is -1.50. The van der Waals surface area contributed by atoms with Crippen LogP contribution < -0.4 is 10.6 Å². The first kappa shape index (κ1) is 15.9. The van der Waals surface area contributed by atoms with E-state index in [2.05, 4.69) is 10.6 Å². The molecule has 1 aromatic rings. The first-order valence-electron chi connectivity index (χ1n) is 6.11. The van der Waals surface area contributed by atoms with Crippen LogP contribution in [0.2, 0.25) is 0 Å². The normalized spacial score (nSPS) is 13.3. The number of aliphatic carboxylic acids is 1. The lowest BCUT2D eigenvalue weighted by molar-refractivity contribution is -0.146. The van der Waals surface area contributed by atoms with Gasteiger partial charge in [-0.15, -0.1) is 0 Å². The molecule has 20 heavy (non-hydrogen) atoms. The predicted molar refractivity (Wildman–Crippen MR) is 69.6 cm³/mol. The highest BCUT2D eigenvalue weighted by Gasteiger charge is 2.14. The van der Waals surface area contributed by atoms with Gasteiger partial charge < -0.3 is 20.8 Å². The molecule has 0 saturated heterocycles. The van der Waals surface area contributed by atoms with Gasteiger partial charge in [-0.2, -0.15) is 0 Å². The molecule has 7 heteroatoms. The number of benzene rings is 1. The lowest BCUT2D eigenvalue weighted by Gasteiger charge is -2.15. The number of aliphatic hydroxyl groups excluding tert-OH is 1. The monoisotopic (exact) mass is 284 g/mol. The largest absolute Gasteiger partial charge is 0.479 e. The maximum atomic E-state index is 13.0. The average Bonchev–Trinajstić information content (AvgIpc) is 2.38. The Balaban J connectivity index is 2.37. The molecule has 0 spiro atoms. The van der Waals surface area contributed by atoms with E-state index in [-0.39, 0.29) is 18.8 Å². The number of carboxylic acid groups (broad SMARTS) is 1. The van der Waals surface area contributed by atoms with E-state index in [9.17, 15) is 14.0 Å². The Morgan fingerprint density at radius 2 is 2.10 bits per heavy atom. The van der Waals surface area contributed by atoms with Crippen molar-refractivity contribution in [3.8, 4) is 0 Å². The summed E-state index contributed by atoms with van der Waals surface area (Å²) in [5.74, 6) is -1.72. The van der Waals surface area contributed by atoms with Gasteiger partial charge in [-0.05, 0) is 24.6 Å². The SMILES string of the molecule is CC(NC(=O)NCCC(O)C(=O)O)c1cccc(F)c1. The van der Waals surface area contributed by atoms with Crippen molar-refractivity contribution in [2.45, 2.75) is 25.5 Å². The van der Waals surface area contributed by atoms with Crippen LogP contribution in [-0.4, -0.2) is 34.9 Å². The Labute approximate surface area is 115 Å². The first-order valence-corrected chi connectivity index (χ1v) is 6.11. The Bertz CT molecular complexity index is 481. The third-order valence-electron chi connectivity index (χ3n) is 2.68. The van der Waals surface area contributed by atoms with Gasteiger partial charge in [0.1, 0.15) is 5.82 Å². The van der Waals surface area contributed by atoms with E-state index in [4.69, 9.17) is 10.2 Å². The van der Waals surface area contributed by atoms with Gasteiger partial charge in [0.05, 0.1) is 6.04 Å². The summed E-state index contributed by atoms with van der Waals surface area (Å²) in [5, 5.41) is 22.5. The van der Waals surface area contributed by atoms with Crippen molar-refractivity contribution in [3.63, 3.8) is 0 Å². The van der Waals surface area contributed by atoms with E-state index < -0.39 is 24.1 Å². The highest BCUT2D eigenvalue weighted by Crippen LogP contribution is 2.12. The Morgan fingerprint density at radius 1 is 1.40 bits per heavy atom. The number of nitrogens with one attached hydrogen (secondary N) is 2. The second-order valence-corrected chi connectivity index (χ2v) is 4.32. The van der Waals surface area contributed by atoms with Crippen LogP contribution in [0.25, 0.3) is 0 Å². The van der Waals surface area contributed by atoms with Crippen molar-refractivity contribution in [1.82, 2.24) is 10.6 Å². The molecule has 6 nitrogen and oxygen atoms in total. The van der Waals surface area contributed by atoms with Crippen LogP contribution in [0, 0.1) is 5.82 Å². The number of urea groups is 1. The Kier molecular flexibility index (Phi) is 5.92. The topological polar surface area (TPSA) is 98.7 Å². The van der Waals surface area contributed by atoms with E-state index in [1.165, 1.54) is 12.1 Å². The number of rotatable bonds is 6. The van der Waals surface area contributed by atoms with Crippen LogP contribution in [-0.2, 0) is 4.79 Å². The van der Waals surface area contributed by atoms with Crippen molar-refractivity contribution in [1.29, 1.82) is 0 Å². The average molecular weight is 284 g/mol. The molecule has 1 rings (SSSR count). The van der Waals surface area contributed by atoms with Gasteiger partial charge >= 0.3 is 12.0 Å². The molecule has 0 aliphatic carbocycles. The molecule has 4 N–H and O–H groups in total. The molecule has 0 aliphatic rings. The second kappa shape index (κ2) is 7.44. The van der Waals surface area contributed by atoms with Crippen LogP contribution in [0.3, 0.4) is 0 Å². The molecular weight excluding hydrogens is 267 g/mol. The van der Waals surface area contributed by atoms with Gasteiger partial charge in [-0.25, -0.2) is 14.0 Å². The summed E-state index contributed by atoms with van der Waals surface area (Å²) in [6.07, 6.45) is -1.59. The van der Waals surface area contributed by atoms with Gasteiger partial charge in [0.25, 0.3) is 0 Å². The predicted octanol–water partition coefficient (Wildman–Crippen LogP) is 1.02. The highest BCUT2D eigenvalue weighted by molar-refractivity contribution is 5.75. The smallest absolute Gasteiger partial charge is 0.332 e. The summed E-state index contributed by atoms with van der Waals surface area (Å²) >= 11 is 0. The van der Waals surface area contributed by atoms with E-state index in [1.807, 2.05) is 0 Å². The zero-order chi connectivity index (χ0) is 15.1. The summed E-state index contributed by atoms with van der Waals surface area (Å²) in [7, 11) is 0. The third-order valence-corrected chi connectivity index (χ3v) is 2.68. The fourth-order valence-corrected chi connectivity index (χ4v) is 1.55. The molecule has 0 heterocycles. The van der Waals surface area contributed by atoms with Gasteiger partial charge in [-0.3, -0.25) is 0 Å². The molecule has 0 aromatic heterocycles. The van der Waals surface area contributed by atoms with Crippen molar-refractivity contribution < 1.29 is 24.2 Å². The molecule has 1 aromatic carbocycles. The number of carbonyl (C=O) groups is 2. The maximum Gasteiger partial charge on any atom is 0.332 e. The number of aliphatic hydroxyl groups is 1. The first-order chi connectivity index (χ1) is 9.40. The summed E-state index contributed by atoms with van der Waals surface area (Å²) < 4.78 is 13.0. The van der Waals surface area contributed by atoms with Gasteiger partial charge in [0.15, 0.2) is 6.10 Å². The quantitative estimate of drug-likeness (QED) is 0.627. The van der Waals surface area contributed by atoms with Crippen LogP contribution >= 0.6 is 0 Å². The fraction of sp³-hybridized carbons (Fsp3) is 0.385. The summed E-state index contributed by atoms with van der Waals surface area (Å²) in [5.41, 5.74) is 0.616. The minimum Gasteiger partial charge on any atom is -0.479 e. The molecule has 0 radical (unpaired) electrons. The zero-order valence-corrected chi connectivity index (χ0v) is 11.0. The van der Waals surface area contributed by atoms with Gasteiger partial charge in [0, 0.05) is 13.0 Å². The van der Waals surface area contributed by atoms with Gasteiger partial charge in [0.2, 0.25) is 0 Å². The number of carbonyl (C=O) groups excluding carboxylic acids is 1. The van der Waals surface area contributed by atoms with Crippen molar-refractivity contribution in [2.24, 2.45) is 0 Å². The minimum absolute atomic E-state index is 0.0230. The van der Waals surface area contributed by atoms with Crippen molar-refractivity contribution in [3.05, 3.63) is 35.6 Å². The molecule has 0 bridgehead atoms. The molecule has 2 amide bonds. The van der Waals surface area contributed by atoms with Crippen LogP contribution in [0.5, 0.6) is 0 Å². The van der Waals surface area contributed by atoms with Gasteiger partial charge in [-0.1, -0.05) is 12.1 Å². The number of amides is 2. The molecule has 2 unspecified atom stereocenters. The summed E-state index contributed by atoms with van der Waals surface area (Å²) in [6.45, 7) is 1.72. The maximum absolute atomic E-state index is 13.0. The molecule has 0 fully saturated rings. The number of carboxylic acids is 1. The Hall–Kier alpha value is -2.15. The molecular formula is C13H17FN2O4. The second-order valence-electron chi connectivity index (χ2n) is 4.32. The molecule has 0 saturated carbocycles. The Morgan fingerprint density at radius 3 is 2.70 bits per heavy atom. The molecule has 0 aliphatic heterocycles. The standard InChI is InChI=1S/C13H17FN2O4/c1-8(9-3-2-4-10(14)7-9)16-13(20)15-6-5-11(17)12(18)19/h2-4,7-8,11,17H,5-6H2,1H3,(H,18,19)(H2,15,16,20). The fourth-order valence-electron chi connectivity index (χ4n) is 1.55. The van der Waals surface area contributed by atoms with E-state index in [0.717, 1.165) is 0 Å². The zero-order valence-electron chi connectivity index (χ0n) is 11.0.